The van der Waals surface area contributed by atoms with Crippen LogP contribution in [0.25, 0.3) is 5.65 Å². The lowest BCUT2D eigenvalue weighted by Gasteiger charge is -2.07. The Hall–Kier alpha value is -1.75. The lowest BCUT2D eigenvalue weighted by atomic mass is 10.1. The molecule has 0 aromatic carbocycles. The van der Waals surface area contributed by atoms with Gasteiger partial charge >= 0.3 is 0 Å². The van der Waals surface area contributed by atoms with Gasteiger partial charge in [-0.1, -0.05) is 6.07 Å². The van der Waals surface area contributed by atoms with E-state index in [0.717, 1.165) is 37.3 Å². The Kier molecular flexibility index (Phi) is 2.83. The van der Waals surface area contributed by atoms with Gasteiger partial charge in [-0.15, -0.1) is 0 Å². The van der Waals surface area contributed by atoms with Crippen LogP contribution in [0.2, 0.25) is 0 Å². The zero-order valence-corrected chi connectivity index (χ0v) is 10.4. The highest BCUT2D eigenvalue weighted by atomic mass is 16.1. The molecule has 1 unspecified atom stereocenters. The van der Waals surface area contributed by atoms with Gasteiger partial charge in [0.1, 0.15) is 5.69 Å². The number of carbonyl (C=O) groups excluding carboxylic acids is 1. The second kappa shape index (κ2) is 4.49. The van der Waals surface area contributed by atoms with Gasteiger partial charge in [0.2, 0.25) is 0 Å². The van der Waals surface area contributed by atoms with E-state index in [9.17, 15) is 4.79 Å². The van der Waals surface area contributed by atoms with E-state index < -0.39 is 0 Å². The van der Waals surface area contributed by atoms with Crippen molar-refractivity contribution in [3.05, 3.63) is 29.7 Å². The zero-order chi connectivity index (χ0) is 12.5. The van der Waals surface area contributed by atoms with Crippen LogP contribution in [0.3, 0.4) is 0 Å². The molecule has 1 aliphatic heterocycles. The SMILES string of the molecule is CN1CCC(Cc2nc3cccc(C=O)n3n2)C1. The first-order chi connectivity index (χ1) is 8.76. The molecule has 1 saturated heterocycles. The van der Waals surface area contributed by atoms with Gasteiger partial charge in [-0.2, -0.15) is 5.10 Å². The predicted octanol–water partition coefficient (Wildman–Crippen LogP) is 1.04. The molecule has 3 rings (SSSR count). The minimum atomic E-state index is 0.551. The Balaban J connectivity index is 1.87. The molecule has 0 spiro atoms. The van der Waals surface area contributed by atoms with Gasteiger partial charge in [-0.3, -0.25) is 4.79 Å². The lowest BCUT2D eigenvalue weighted by Crippen LogP contribution is -2.15. The highest BCUT2D eigenvalue weighted by Crippen LogP contribution is 2.18. The molecular formula is C13H16N4O. The number of pyridine rings is 1. The molecule has 0 radical (unpaired) electrons. The van der Waals surface area contributed by atoms with Crippen molar-refractivity contribution in [1.29, 1.82) is 0 Å². The summed E-state index contributed by atoms with van der Waals surface area (Å²) in [5.41, 5.74) is 1.30. The molecular weight excluding hydrogens is 228 g/mol. The number of carbonyl (C=O) groups is 1. The van der Waals surface area contributed by atoms with E-state index in [1.54, 1.807) is 10.6 Å². The third kappa shape index (κ3) is 2.01. The fourth-order valence-electron chi connectivity index (χ4n) is 2.60. The molecule has 1 aliphatic rings. The highest BCUT2D eigenvalue weighted by molar-refractivity contribution is 5.73. The van der Waals surface area contributed by atoms with E-state index in [2.05, 4.69) is 22.0 Å². The second-order valence-corrected chi connectivity index (χ2v) is 4.99. The van der Waals surface area contributed by atoms with Gasteiger partial charge in [-0.25, -0.2) is 9.50 Å². The van der Waals surface area contributed by atoms with Gasteiger partial charge < -0.3 is 4.90 Å². The standard InChI is InChI=1S/C13H16N4O/c1-16-6-5-10(8-16)7-12-14-13-4-2-3-11(9-18)17(13)15-12/h2-4,9-10H,5-8H2,1H3. The maximum atomic E-state index is 10.9. The van der Waals surface area contributed by atoms with Crippen LogP contribution in [0, 0.1) is 5.92 Å². The number of fused-ring (bicyclic) bond motifs is 1. The van der Waals surface area contributed by atoms with Gasteiger partial charge in [0.15, 0.2) is 17.8 Å². The van der Waals surface area contributed by atoms with Crippen LogP contribution in [-0.4, -0.2) is 45.9 Å². The summed E-state index contributed by atoms with van der Waals surface area (Å²) in [5, 5.41) is 4.43. The van der Waals surface area contributed by atoms with E-state index in [0.29, 0.717) is 11.6 Å². The van der Waals surface area contributed by atoms with E-state index in [-0.39, 0.29) is 0 Å². The molecule has 1 fully saturated rings. The fourth-order valence-corrected chi connectivity index (χ4v) is 2.60. The molecule has 5 nitrogen and oxygen atoms in total. The molecule has 3 heterocycles. The molecule has 1 atom stereocenters. The summed E-state index contributed by atoms with van der Waals surface area (Å²) in [6.45, 7) is 2.26. The van der Waals surface area contributed by atoms with Gasteiger partial charge in [-0.05, 0) is 38.1 Å². The first kappa shape index (κ1) is 11.3. The van der Waals surface area contributed by atoms with Crippen molar-refractivity contribution in [3.8, 4) is 0 Å². The largest absolute Gasteiger partial charge is 0.306 e. The lowest BCUT2D eigenvalue weighted by molar-refractivity contribution is 0.111. The van der Waals surface area contributed by atoms with Crippen molar-refractivity contribution >= 4 is 11.9 Å². The third-order valence-corrected chi connectivity index (χ3v) is 3.51. The van der Waals surface area contributed by atoms with Crippen molar-refractivity contribution in [2.24, 2.45) is 5.92 Å². The van der Waals surface area contributed by atoms with Gasteiger partial charge in [0, 0.05) is 13.0 Å². The molecule has 2 aromatic rings. The smallest absolute Gasteiger partial charge is 0.168 e. The Morgan fingerprint density at radius 3 is 3.11 bits per heavy atom. The number of likely N-dealkylation sites (tertiary alicyclic amines) is 1. The average molecular weight is 244 g/mol. The summed E-state index contributed by atoms with van der Waals surface area (Å²) < 4.78 is 1.63. The molecule has 18 heavy (non-hydrogen) atoms. The van der Waals surface area contributed by atoms with Crippen LogP contribution >= 0.6 is 0 Å². The average Bonchev–Trinajstić information content (AvgIpc) is 2.94. The number of aromatic nitrogens is 3. The quantitative estimate of drug-likeness (QED) is 0.757. The Labute approximate surface area is 105 Å². The molecule has 2 aromatic heterocycles. The summed E-state index contributed by atoms with van der Waals surface area (Å²) >= 11 is 0. The predicted molar refractivity (Wildman–Crippen MR) is 67.7 cm³/mol. The maximum absolute atomic E-state index is 10.9. The monoisotopic (exact) mass is 244 g/mol. The van der Waals surface area contributed by atoms with Gasteiger partial charge in [0.25, 0.3) is 0 Å². The Bertz CT molecular complexity index is 577. The van der Waals surface area contributed by atoms with E-state index in [1.165, 1.54) is 6.42 Å². The zero-order valence-electron chi connectivity index (χ0n) is 10.4. The summed E-state index contributed by atoms with van der Waals surface area (Å²) in [4.78, 5) is 17.7. The number of nitrogens with zero attached hydrogens (tertiary/aromatic N) is 4. The molecule has 0 amide bonds. The number of aldehydes is 1. The van der Waals surface area contributed by atoms with E-state index in [4.69, 9.17) is 0 Å². The third-order valence-electron chi connectivity index (χ3n) is 3.51. The second-order valence-electron chi connectivity index (χ2n) is 4.99. The summed E-state index contributed by atoms with van der Waals surface area (Å²) in [6, 6.07) is 5.47. The normalized spacial score (nSPS) is 20.6. The summed E-state index contributed by atoms with van der Waals surface area (Å²) in [6.07, 6.45) is 2.91. The van der Waals surface area contributed by atoms with Crippen molar-refractivity contribution in [2.75, 3.05) is 20.1 Å². The summed E-state index contributed by atoms with van der Waals surface area (Å²) in [5.74, 6) is 1.47. The van der Waals surface area contributed by atoms with Crippen molar-refractivity contribution < 1.29 is 4.79 Å². The van der Waals surface area contributed by atoms with E-state index >= 15 is 0 Å². The Morgan fingerprint density at radius 1 is 1.50 bits per heavy atom. The van der Waals surface area contributed by atoms with Gasteiger partial charge in [0.05, 0.1) is 0 Å². The number of hydrogen-bond donors (Lipinski definition) is 0. The highest BCUT2D eigenvalue weighted by Gasteiger charge is 2.21. The number of hydrogen-bond acceptors (Lipinski definition) is 4. The van der Waals surface area contributed by atoms with Crippen LogP contribution in [0.5, 0.6) is 0 Å². The topological polar surface area (TPSA) is 50.5 Å². The summed E-state index contributed by atoms with van der Waals surface area (Å²) in [7, 11) is 2.14. The Morgan fingerprint density at radius 2 is 2.39 bits per heavy atom. The molecule has 0 N–H and O–H groups in total. The van der Waals surface area contributed by atoms with Crippen LogP contribution < -0.4 is 0 Å². The maximum Gasteiger partial charge on any atom is 0.168 e. The molecule has 0 bridgehead atoms. The first-order valence-corrected chi connectivity index (χ1v) is 6.24. The number of rotatable bonds is 3. The minimum absolute atomic E-state index is 0.551. The van der Waals surface area contributed by atoms with Crippen molar-refractivity contribution in [3.63, 3.8) is 0 Å². The molecule has 0 saturated carbocycles. The van der Waals surface area contributed by atoms with Crippen molar-refractivity contribution in [1.82, 2.24) is 19.5 Å². The van der Waals surface area contributed by atoms with E-state index in [1.807, 2.05) is 12.1 Å². The van der Waals surface area contributed by atoms with Crippen LogP contribution in [-0.2, 0) is 6.42 Å². The minimum Gasteiger partial charge on any atom is -0.306 e. The molecule has 94 valence electrons. The van der Waals surface area contributed by atoms with Crippen LogP contribution in [0.4, 0.5) is 0 Å². The fraction of sp³-hybridized carbons (Fsp3) is 0.462. The van der Waals surface area contributed by atoms with Crippen molar-refractivity contribution in [2.45, 2.75) is 12.8 Å². The molecule has 5 heteroatoms. The first-order valence-electron chi connectivity index (χ1n) is 6.24. The molecule has 0 aliphatic carbocycles. The van der Waals surface area contributed by atoms with Crippen LogP contribution in [0.1, 0.15) is 22.7 Å². The van der Waals surface area contributed by atoms with Crippen LogP contribution in [0.15, 0.2) is 18.2 Å².